The van der Waals surface area contributed by atoms with E-state index >= 15 is 0 Å². The van der Waals surface area contributed by atoms with Crippen LogP contribution in [0.15, 0.2) is 84.9 Å². The number of aromatic nitrogens is 2. The minimum Gasteiger partial charge on any atom is -0.301 e. The Balaban J connectivity index is 1.16. The Kier molecular flexibility index (Phi) is 9.17. The van der Waals surface area contributed by atoms with Gasteiger partial charge in [0.25, 0.3) is 0 Å². The van der Waals surface area contributed by atoms with Gasteiger partial charge in [-0.05, 0) is 85.8 Å². The molecule has 0 N–H and O–H groups in total. The van der Waals surface area contributed by atoms with Crippen LogP contribution in [0.5, 0.6) is 0 Å². The molecule has 0 atom stereocenters. The molecule has 1 saturated heterocycles. The van der Waals surface area contributed by atoms with Gasteiger partial charge < -0.3 is 4.90 Å². The molecule has 39 heavy (non-hydrogen) atoms. The first-order valence-corrected chi connectivity index (χ1v) is 14.2. The van der Waals surface area contributed by atoms with Crippen LogP contribution in [0.1, 0.15) is 54.7 Å². The lowest BCUT2D eigenvalue weighted by Gasteiger charge is -2.40. The van der Waals surface area contributed by atoms with Crippen LogP contribution in [0.4, 0.5) is 8.78 Å². The van der Waals surface area contributed by atoms with Crippen molar-refractivity contribution in [1.29, 1.82) is 0 Å². The highest BCUT2D eigenvalue weighted by Gasteiger charge is 2.26. The van der Waals surface area contributed by atoms with Crippen molar-refractivity contribution in [2.24, 2.45) is 0 Å². The fourth-order valence-electron chi connectivity index (χ4n) is 5.62. The first-order valence-electron chi connectivity index (χ1n) is 14.2. The van der Waals surface area contributed by atoms with E-state index in [2.05, 4.69) is 51.7 Å². The van der Waals surface area contributed by atoms with Crippen molar-refractivity contribution in [3.8, 4) is 5.69 Å². The van der Waals surface area contributed by atoms with Crippen molar-refractivity contribution in [3.63, 3.8) is 0 Å². The molecule has 1 aliphatic heterocycles. The Morgan fingerprint density at radius 2 is 1.36 bits per heavy atom. The number of piperazine rings is 1. The van der Waals surface area contributed by atoms with Crippen molar-refractivity contribution in [1.82, 2.24) is 19.6 Å². The fourth-order valence-corrected chi connectivity index (χ4v) is 5.62. The lowest BCUT2D eigenvalue weighted by Crippen LogP contribution is -2.48. The summed E-state index contributed by atoms with van der Waals surface area (Å²) in [7, 11) is 0. The molecule has 1 fully saturated rings. The van der Waals surface area contributed by atoms with Gasteiger partial charge in [0.1, 0.15) is 11.6 Å². The summed E-state index contributed by atoms with van der Waals surface area (Å²) in [6.45, 7) is 7.08. The standard InChI is InChI=1S/C33H38F2N4/c1-2-8-30-25-32(39(36-30)31-9-4-3-5-10-31)11-6-7-20-37-21-23-38(24-22-37)33(26-12-16-28(34)17-13-26)27-14-18-29(35)19-15-27/h3-5,9-10,12-19,25,33H,2,6-8,11,20-24H2,1H3. The number of benzene rings is 3. The minimum absolute atomic E-state index is 0.0102. The van der Waals surface area contributed by atoms with Crippen LogP contribution in [0, 0.1) is 11.6 Å². The molecule has 0 aliphatic carbocycles. The average molecular weight is 529 g/mol. The third-order valence-corrected chi connectivity index (χ3v) is 7.64. The van der Waals surface area contributed by atoms with Crippen molar-refractivity contribution in [3.05, 3.63) is 119 Å². The van der Waals surface area contributed by atoms with E-state index in [1.807, 2.05) is 30.3 Å². The van der Waals surface area contributed by atoms with Crippen LogP contribution < -0.4 is 0 Å². The summed E-state index contributed by atoms with van der Waals surface area (Å²) in [5.41, 5.74) is 5.66. The van der Waals surface area contributed by atoms with Crippen molar-refractivity contribution < 1.29 is 8.78 Å². The zero-order valence-corrected chi connectivity index (χ0v) is 22.8. The summed E-state index contributed by atoms with van der Waals surface area (Å²) < 4.78 is 29.4. The number of hydrogen-bond acceptors (Lipinski definition) is 3. The third-order valence-electron chi connectivity index (χ3n) is 7.64. The van der Waals surface area contributed by atoms with Crippen molar-refractivity contribution >= 4 is 0 Å². The Morgan fingerprint density at radius 1 is 0.744 bits per heavy atom. The van der Waals surface area contributed by atoms with Gasteiger partial charge >= 0.3 is 0 Å². The van der Waals surface area contributed by atoms with E-state index in [0.717, 1.165) is 81.6 Å². The topological polar surface area (TPSA) is 24.3 Å². The van der Waals surface area contributed by atoms with Gasteiger partial charge in [-0.3, -0.25) is 4.90 Å². The lowest BCUT2D eigenvalue weighted by molar-refractivity contribution is 0.108. The second-order valence-corrected chi connectivity index (χ2v) is 10.5. The molecular formula is C33H38F2N4. The molecule has 2 heterocycles. The first kappa shape index (κ1) is 27.2. The normalized spacial score (nSPS) is 14.8. The van der Waals surface area contributed by atoms with Crippen LogP contribution in [-0.4, -0.2) is 52.3 Å². The monoisotopic (exact) mass is 528 g/mol. The van der Waals surface area contributed by atoms with Crippen LogP contribution >= 0.6 is 0 Å². The molecule has 3 aromatic carbocycles. The molecule has 0 saturated carbocycles. The quantitative estimate of drug-likeness (QED) is 0.199. The Hall–Kier alpha value is -3.35. The zero-order chi connectivity index (χ0) is 27.0. The van der Waals surface area contributed by atoms with Gasteiger partial charge in [0, 0.05) is 31.9 Å². The van der Waals surface area contributed by atoms with Gasteiger partial charge in [0.05, 0.1) is 17.4 Å². The van der Waals surface area contributed by atoms with Gasteiger partial charge in [-0.25, -0.2) is 13.5 Å². The molecule has 0 unspecified atom stereocenters. The summed E-state index contributed by atoms with van der Waals surface area (Å²) in [5, 5.41) is 4.88. The summed E-state index contributed by atoms with van der Waals surface area (Å²) in [6.07, 6.45) is 5.39. The SMILES string of the molecule is CCCc1cc(CCCCN2CCN(C(c3ccc(F)cc3)c3ccc(F)cc3)CC2)n(-c2ccccc2)n1. The molecule has 204 valence electrons. The highest BCUT2D eigenvalue weighted by molar-refractivity contribution is 5.34. The lowest BCUT2D eigenvalue weighted by atomic mass is 9.96. The van der Waals surface area contributed by atoms with Crippen LogP contribution in [0.3, 0.4) is 0 Å². The van der Waals surface area contributed by atoms with Gasteiger partial charge in [0.2, 0.25) is 0 Å². The van der Waals surface area contributed by atoms with E-state index in [9.17, 15) is 8.78 Å². The number of aryl methyl sites for hydroxylation is 2. The number of para-hydroxylation sites is 1. The highest BCUT2D eigenvalue weighted by atomic mass is 19.1. The van der Waals surface area contributed by atoms with Gasteiger partial charge in [-0.2, -0.15) is 5.10 Å². The molecular weight excluding hydrogens is 490 g/mol. The second-order valence-electron chi connectivity index (χ2n) is 10.5. The largest absolute Gasteiger partial charge is 0.301 e. The molecule has 1 aromatic heterocycles. The third kappa shape index (κ3) is 7.00. The predicted octanol–water partition coefficient (Wildman–Crippen LogP) is 6.83. The van der Waals surface area contributed by atoms with E-state index in [1.54, 1.807) is 0 Å². The van der Waals surface area contributed by atoms with Crippen molar-refractivity contribution in [2.45, 2.75) is 45.1 Å². The highest BCUT2D eigenvalue weighted by Crippen LogP contribution is 2.30. The second kappa shape index (κ2) is 13.1. The number of rotatable bonds is 11. The summed E-state index contributed by atoms with van der Waals surface area (Å²) in [6, 6.07) is 26.1. The van der Waals surface area contributed by atoms with Gasteiger partial charge in [0.15, 0.2) is 0 Å². The molecule has 0 spiro atoms. The fraction of sp³-hybridized carbons (Fsp3) is 0.364. The molecule has 1 aliphatic rings. The molecule has 0 radical (unpaired) electrons. The van der Waals surface area contributed by atoms with Gasteiger partial charge in [-0.15, -0.1) is 0 Å². The number of halogens is 2. The van der Waals surface area contributed by atoms with E-state index in [4.69, 9.17) is 5.10 Å². The molecule has 0 amide bonds. The number of hydrogen-bond donors (Lipinski definition) is 0. The number of nitrogens with zero attached hydrogens (tertiary/aromatic N) is 4. The number of unbranched alkanes of at least 4 members (excludes halogenated alkanes) is 1. The van der Waals surface area contributed by atoms with E-state index in [-0.39, 0.29) is 17.7 Å². The van der Waals surface area contributed by atoms with E-state index < -0.39 is 0 Å². The summed E-state index contributed by atoms with van der Waals surface area (Å²) in [4.78, 5) is 4.98. The predicted molar refractivity (Wildman–Crippen MR) is 153 cm³/mol. The van der Waals surface area contributed by atoms with Crippen LogP contribution in [0.25, 0.3) is 5.69 Å². The Labute approximate surface area is 230 Å². The summed E-state index contributed by atoms with van der Waals surface area (Å²) >= 11 is 0. The zero-order valence-electron chi connectivity index (χ0n) is 22.8. The first-order chi connectivity index (χ1) is 19.1. The van der Waals surface area contributed by atoms with E-state index in [1.165, 1.54) is 35.7 Å². The average Bonchev–Trinajstić information content (AvgIpc) is 3.37. The molecule has 6 heteroatoms. The molecule has 5 rings (SSSR count). The Bertz CT molecular complexity index is 1250. The van der Waals surface area contributed by atoms with Gasteiger partial charge in [-0.1, -0.05) is 55.8 Å². The van der Waals surface area contributed by atoms with Crippen LogP contribution in [0.2, 0.25) is 0 Å². The smallest absolute Gasteiger partial charge is 0.123 e. The molecule has 4 aromatic rings. The minimum atomic E-state index is -0.241. The summed E-state index contributed by atoms with van der Waals surface area (Å²) in [5.74, 6) is -0.482. The maximum Gasteiger partial charge on any atom is 0.123 e. The molecule has 0 bridgehead atoms. The molecule has 4 nitrogen and oxygen atoms in total. The van der Waals surface area contributed by atoms with Crippen LogP contribution in [-0.2, 0) is 12.8 Å². The maximum absolute atomic E-state index is 13.6. The maximum atomic E-state index is 13.6. The van der Waals surface area contributed by atoms with Crippen molar-refractivity contribution in [2.75, 3.05) is 32.7 Å². The van der Waals surface area contributed by atoms with E-state index in [0.29, 0.717) is 0 Å². The Morgan fingerprint density at radius 3 is 1.95 bits per heavy atom.